The standard InChI is InChI=1S/C24H31N5O2/c1-24(2,3)16-7-11-18(12-8-16)29-21-6-4-5-20(19(21)15-25-29)26-22(30)13-9-17-10-14-23(31)28-27-17/h7-8,11-12,15,20H,4-6,9-10,13-14H2,1-3H3,(H,26,30)(H,28,31). The number of nitrogens with one attached hydrogen (secondary N) is 2. The summed E-state index contributed by atoms with van der Waals surface area (Å²) in [7, 11) is 0. The Hall–Kier alpha value is -2.96. The van der Waals surface area contributed by atoms with Crippen molar-refractivity contribution in [2.24, 2.45) is 5.10 Å². The van der Waals surface area contributed by atoms with Gasteiger partial charge in [-0.2, -0.15) is 10.2 Å². The molecule has 1 atom stereocenters. The van der Waals surface area contributed by atoms with E-state index in [4.69, 9.17) is 0 Å². The summed E-state index contributed by atoms with van der Waals surface area (Å²) in [5.74, 6) is -0.0484. The van der Waals surface area contributed by atoms with Gasteiger partial charge in [-0.3, -0.25) is 9.59 Å². The van der Waals surface area contributed by atoms with Crippen LogP contribution in [0, 0.1) is 0 Å². The Morgan fingerprint density at radius 2 is 1.97 bits per heavy atom. The van der Waals surface area contributed by atoms with Crippen molar-refractivity contribution in [3.63, 3.8) is 0 Å². The van der Waals surface area contributed by atoms with Crippen LogP contribution in [0.15, 0.2) is 35.6 Å². The highest BCUT2D eigenvalue weighted by Gasteiger charge is 2.26. The third-order valence-corrected chi connectivity index (χ3v) is 6.12. The number of benzene rings is 1. The van der Waals surface area contributed by atoms with Crippen LogP contribution in [0.5, 0.6) is 0 Å². The lowest BCUT2D eigenvalue weighted by Crippen LogP contribution is -2.32. The Kier molecular flexibility index (Phi) is 5.94. The molecule has 0 saturated carbocycles. The van der Waals surface area contributed by atoms with E-state index in [-0.39, 0.29) is 23.3 Å². The van der Waals surface area contributed by atoms with E-state index in [2.05, 4.69) is 66.0 Å². The maximum Gasteiger partial charge on any atom is 0.240 e. The molecule has 0 saturated heterocycles. The van der Waals surface area contributed by atoms with Crippen molar-refractivity contribution >= 4 is 17.5 Å². The van der Waals surface area contributed by atoms with E-state index in [1.165, 1.54) is 11.3 Å². The number of carbonyl (C=O) groups is 2. The quantitative estimate of drug-likeness (QED) is 0.771. The second kappa shape index (κ2) is 8.65. The molecule has 31 heavy (non-hydrogen) atoms. The van der Waals surface area contributed by atoms with Crippen LogP contribution in [-0.4, -0.2) is 27.3 Å². The van der Waals surface area contributed by atoms with Gasteiger partial charge < -0.3 is 5.32 Å². The van der Waals surface area contributed by atoms with Gasteiger partial charge in [-0.1, -0.05) is 32.9 Å². The Balaban J connectivity index is 1.42. The number of carbonyl (C=O) groups excluding carboxylic acids is 2. The summed E-state index contributed by atoms with van der Waals surface area (Å²) < 4.78 is 2.01. The van der Waals surface area contributed by atoms with Crippen molar-refractivity contribution in [2.45, 2.75) is 77.2 Å². The van der Waals surface area contributed by atoms with Gasteiger partial charge in [0.25, 0.3) is 0 Å². The van der Waals surface area contributed by atoms with Gasteiger partial charge in [0.05, 0.1) is 17.9 Å². The molecule has 2 amide bonds. The maximum absolute atomic E-state index is 12.6. The zero-order valence-electron chi connectivity index (χ0n) is 18.6. The van der Waals surface area contributed by atoms with Crippen LogP contribution >= 0.6 is 0 Å². The molecule has 0 radical (unpaired) electrons. The van der Waals surface area contributed by atoms with E-state index < -0.39 is 0 Å². The summed E-state index contributed by atoms with van der Waals surface area (Å²) in [4.78, 5) is 23.7. The predicted octanol–water partition coefficient (Wildman–Crippen LogP) is 3.71. The van der Waals surface area contributed by atoms with Crippen LogP contribution in [-0.2, 0) is 21.4 Å². The molecule has 164 valence electrons. The first-order valence-corrected chi connectivity index (χ1v) is 11.1. The molecule has 2 heterocycles. The highest BCUT2D eigenvalue weighted by atomic mass is 16.2. The number of hydrogen-bond donors (Lipinski definition) is 2. The third kappa shape index (κ3) is 4.86. The van der Waals surface area contributed by atoms with Crippen molar-refractivity contribution in [3.05, 3.63) is 47.3 Å². The van der Waals surface area contributed by atoms with Crippen LogP contribution in [0.2, 0.25) is 0 Å². The number of amides is 2. The van der Waals surface area contributed by atoms with Crippen molar-refractivity contribution in [1.29, 1.82) is 0 Å². The first-order chi connectivity index (χ1) is 14.8. The van der Waals surface area contributed by atoms with Crippen LogP contribution in [0.4, 0.5) is 0 Å². The highest BCUT2D eigenvalue weighted by molar-refractivity contribution is 5.94. The average Bonchev–Trinajstić information content (AvgIpc) is 3.18. The minimum Gasteiger partial charge on any atom is -0.349 e. The fourth-order valence-electron chi connectivity index (χ4n) is 4.25. The lowest BCUT2D eigenvalue weighted by Gasteiger charge is -2.24. The van der Waals surface area contributed by atoms with Gasteiger partial charge in [0, 0.05) is 29.8 Å². The largest absolute Gasteiger partial charge is 0.349 e. The maximum atomic E-state index is 12.6. The van der Waals surface area contributed by atoms with E-state index in [1.807, 2.05) is 10.9 Å². The summed E-state index contributed by atoms with van der Waals surface area (Å²) in [5, 5.41) is 11.9. The first-order valence-electron chi connectivity index (χ1n) is 11.1. The minimum atomic E-state index is -0.0620. The normalized spacial score (nSPS) is 18.7. The molecular weight excluding hydrogens is 390 g/mol. The van der Waals surface area contributed by atoms with E-state index in [0.717, 1.165) is 36.2 Å². The fourth-order valence-corrected chi connectivity index (χ4v) is 4.25. The summed E-state index contributed by atoms with van der Waals surface area (Å²) in [6, 6.07) is 8.58. The zero-order valence-corrected chi connectivity index (χ0v) is 18.6. The van der Waals surface area contributed by atoms with Crippen molar-refractivity contribution in [1.82, 2.24) is 20.5 Å². The molecule has 2 aromatic rings. The number of hydrogen-bond acceptors (Lipinski definition) is 4. The zero-order chi connectivity index (χ0) is 22.0. The van der Waals surface area contributed by atoms with Gasteiger partial charge in [0.2, 0.25) is 11.8 Å². The van der Waals surface area contributed by atoms with Crippen LogP contribution in [0.1, 0.15) is 82.2 Å². The van der Waals surface area contributed by atoms with Crippen LogP contribution < -0.4 is 10.7 Å². The van der Waals surface area contributed by atoms with Crippen LogP contribution in [0.25, 0.3) is 5.69 Å². The van der Waals surface area contributed by atoms with Gasteiger partial charge in [0.15, 0.2) is 0 Å². The summed E-state index contributed by atoms with van der Waals surface area (Å²) in [6.45, 7) is 6.63. The molecule has 4 rings (SSSR count). The second-order valence-electron chi connectivity index (χ2n) is 9.48. The lowest BCUT2D eigenvalue weighted by atomic mass is 9.87. The first kappa shape index (κ1) is 21.3. The Bertz CT molecular complexity index is 998. The molecule has 1 aliphatic heterocycles. The van der Waals surface area contributed by atoms with Crippen molar-refractivity contribution in [2.75, 3.05) is 0 Å². The van der Waals surface area contributed by atoms with Crippen molar-refractivity contribution < 1.29 is 9.59 Å². The molecule has 1 unspecified atom stereocenters. The minimum absolute atomic E-state index is 0.00755. The van der Waals surface area contributed by atoms with E-state index in [1.54, 1.807) is 0 Å². The Labute approximate surface area is 183 Å². The third-order valence-electron chi connectivity index (χ3n) is 6.12. The smallest absolute Gasteiger partial charge is 0.240 e. The molecule has 1 aromatic carbocycles. The van der Waals surface area contributed by atoms with E-state index >= 15 is 0 Å². The molecule has 1 aromatic heterocycles. The van der Waals surface area contributed by atoms with Crippen molar-refractivity contribution in [3.8, 4) is 5.69 Å². The van der Waals surface area contributed by atoms with E-state index in [0.29, 0.717) is 25.7 Å². The number of fused-ring (bicyclic) bond motifs is 1. The molecule has 0 spiro atoms. The van der Waals surface area contributed by atoms with Crippen LogP contribution in [0.3, 0.4) is 0 Å². The topological polar surface area (TPSA) is 88.4 Å². The Morgan fingerprint density at radius 1 is 1.19 bits per heavy atom. The highest BCUT2D eigenvalue weighted by Crippen LogP contribution is 2.32. The molecular formula is C24H31N5O2. The molecule has 1 aliphatic carbocycles. The Morgan fingerprint density at radius 3 is 2.65 bits per heavy atom. The van der Waals surface area contributed by atoms with E-state index in [9.17, 15) is 9.59 Å². The second-order valence-corrected chi connectivity index (χ2v) is 9.48. The predicted molar refractivity (Wildman–Crippen MR) is 120 cm³/mol. The fraction of sp³-hybridized carbons (Fsp3) is 0.500. The van der Waals surface area contributed by atoms with Gasteiger partial charge >= 0.3 is 0 Å². The molecule has 0 bridgehead atoms. The number of nitrogens with zero attached hydrogens (tertiary/aromatic N) is 3. The monoisotopic (exact) mass is 421 g/mol. The van der Waals surface area contributed by atoms with Gasteiger partial charge in [-0.25, -0.2) is 10.1 Å². The molecule has 2 aliphatic rings. The van der Waals surface area contributed by atoms with Gasteiger partial charge in [0.1, 0.15) is 0 Å². The molecule has 7 nitrogen and oxygen atoms in total. The summed E-state index contributed by atoms with van der Waals surface area (Å²) >= 11 is 0. The van der Waals surface area contributed by atoms with Gasteiger partial charge in [-0.15, -0.1) is 0 Å². The molecule has 0 fully saturated rings. The summed E-state index contributed by atoms with van der Waals surface area (Å²) in [5.41, 5.74) is 8.13. The molecule has 7 heteroatoms. The average molecular weight is 422 g/mol. The SMILES string of the molecule is CC(C)(C)c1ccc(-n2ncc3c2CCCC3NC(=O)CCC2=NNC(=O)CC2)cc1. The number of rotatable bonds is 5. The number of hydrazone groups is 1. The number of aromatic nitrogens is 2. The molecule has 2 N–H and O–H groups in total. The summed E-state index contributed by atoms with van der Waals surface area (Å²) in [6.07, 6.45) is 6.83. The van der Waals surface area contributed by atoms with Gasteiger partial charge in [-0.05, 0) is 55.2 Å². The lowest BCUT2D eigenvalue weighted by molar-refractivity contribution is -0.122.